The van der Waals surface area contributed by atoms with Crippen LogP contribution in [0.4, 0.5) is 0 Å². The van der Waals surface area contributed by atoms with E-state index in [1.807, 2.05) is 0 Å². The van der Waals surface area contributed by atoms with E-state index in [-0.39, 0.29) is 69.7 Å². The van der Waals surface area contributed by atoms with Gasteiger partial charge in [-0.2, -0.15) is 0 Å². The molecule has 1 unspecified atom stereocenters. The van der Waals surface area contributed by atoms with Gasteiger partial charge < -0.3 is 25.7 Å². The van der Waals surface area contributed by atoms with Crippen LogP contribution in [0.15, 0.2) is 24.3 Å². The first kappa shape index (κ1) is 34.7. The van der Waals surface area contributed by atoms with E-state index in [0.717, 1.165) is 4.90 Å². The van der Waals surface area contributed by atoms with Gasteiger partial charge in [0, 0.05) is 70.1 Å². The Hall–Kier alpha value is -4.74. The van der Waals surface area contributed by atoms with Crippen molar-refractivity contribution in [2.75, 3.05) is 52.4 Å². The quantitative estimate of drug-likeness (QED) is 0.116. The van der Waals surface area contributed by atoms with Crippen LogP contribution in [0.5, 0.6) is 0 Å². The smallest absolute Gasteiger partial charge is 0.321 e. The molecule has 1 atom stereocenters. The number of pyridine rings is 1. The molecule has 5 N–H and O–H groups in total. The maximum Gasteiger partial charge on any atom is 0.321 e. The number of rotatable bonds is 14. The lowest BCUT2D eigenvalue weighted by Gasteiger charge is -2.33. The van der Waals surface area contributed by atoms with Crippen LogP contribution in [0.25, 0.3) is 0 Å². The summed E-state index contributed by atoms with van der Waals surface area (Å²) in [7, 11) is 0. The molecule has 2 aliphatic rings. The van der Waals surface area contributed by atoms with Gasteiger partial charge in [-0.05, 0) is 25.0 Å². The fourth-order valence-electron chi connectivity index (χ4n) is 5.06. The lowest BCUT2D eigenvalue weighted by Crippen LogP contribution is -2.49. The van der Waals surface area contributed by atoms with E-state index in [4.69, 9.17) is 0 Å². The molecule has 1 aromatic heterocycles. The fraction of sp³-hybridized carbons (Fsp3) is 0.500. The Kier molecular flexibility index (Phi) is 12.6. The highest BCUT2D eigenvalue weighted by Crippen LogP contribution is 2.15. The van der Waals surface area contributed by atoms with Gasteiger partial charge in [0.15, 0.2) is 0 Å². The second-order valence-corrected chi connectivity index (χ2v) is 10.7. The van der Waals surface area contributed by atoms with Crippen molar-refractivity contribution in [2.24, 2.45) is 0 Å². The molecule has 17 heteroatoms. The van der Waals surface area contributed by atoms with Crippen LogP contribution in [0.2, 0.25) is 0 Å². The molecular formula is C28H36N6O11. The summed E-state index contributed by atoms with van der Waals surface area (Å²) >= 11 is 0. The van der Waals surface area contributed by atoms with E-state index in [1.165, 1.54) is 39.0 Å². The minimum atomic E-state index is -1.43. The molecule has 3 rings (SSSR count). The number of aromatic nitrogens is 1. The highest BCUT2D eigenvalue weighted by molar-refractivity contribution is 6.12. The Bertz CT molecular complexity index is 1280. The van der Waals surface area contributed by atoms with Gasteiger partial charge in [-0.1, -0.05) is 0 Å². The van der Waals surface area contributed by atoms with E-state index >= 15 is 0 Å². The SMILES string of the molecule is O=C(O)CC(C(=O)O)N1CCN(CC(=O)O)Cc2cc(C(=O)NCCCCN3C(=O)C=CC3=O)cc(n2)CN(CC(=O)O)CC1. The number of carbonyl (C=O) groups is 7. The van der Waals surface area contributed by atoms with Gasteiger partial charge in [0.2, 0.25) is 0 Å². The average molecular weight is 633 g/mol. The number of imide groups is 1. The molecule has 45 heavy (non-hydrogen) atoms. The van der Waals surface area contributed by atoms with Crippen LogP contribution in [0.3, 0.4) is 0 Å². The van der Waals surface area contributed by atoms with E-state index in [2.05, 4.69) is 10.3 Å². The van der Waals surface area contributed by atoms with Crippen LogP contribution in [0, 0.1) is 0 Å². The molecule has 0 aliphatic carbocycles. The first-order chi connectivity index (χ1) is 21.3. The molecule has 2 bridgehead atoms. The number of unbranched alkanes of at least 4 members (excludes halogenated alkanes) is 1. The summed E-state index contributed by atoms with van der Waals surface area (Å²) in [5.41, 5.74) is 0.848. The van der Waals surface area contributed by atoms with Crippen LogP contribution in [-0.2, 0) is 41.9 Å². The molecule has 1 aromatic rings. The number of fused-ring (bicyclic) bond motifs is 2. The minimum absolute atomic E-state index is 0.0135. The van der Waals surface area contributed by atoms with Gasteiger partial charge in [0.25, 0.3) is 17.7 Å². The first-order valence-corrected chi connectivity index (χ1v) is 14.2. The van der Waals surface area contributed by atoms with Gasteiger partial charge in [0.05, 0.1) is 30.9 Å². The second kappa shape index (κ2) is 16.4. The van der Waals surface area contributed by atoms with Gasteiger partial charge in [-0.3, -0.25) is 58.1 Å². The van der Waals surface area contributed by atoms with Crippen molar-refractivity contribution in [3.63, 3.8) is 0 Å². The minimum Gasteiger partial charge on any atom is -0.481 e. The predicted octanol–water partition coefficient (Wildman–Crippen LogP) is -1.47. The van der Waals surface area contributed by atoms with Crippen LogP contribution < -0.4 is 5.32 Å². The van der Waals surface area contributed by atoms with Crippen molar-refractivity contribution < 1.29 is 54.0 Å². The maximum atomic E-state index is 13.1. The molecule has 0 radical (unpaired) electrons. The standard InChI is InChI=1S/C28H36N6O11/c35-22-3-4-23(36)34(22)6-2-1-5-29-27(43)18-11-19-14-31(16-25(39)40)7-9-33(21(28(44)45)13-24(37)38)10-8-32(17-26(41)42)15-20(12-18)30-19/h3-4,11-12,21H,1-2,5-10,13-17H2,(H,29,43)(H,37,38)(H,39,40)(H,41,42)(H,44,45). The van der Waals surface area contributed by atoms with Crippen LogP contribution in [-0.4, -0.2) is 145 Å². The number of hydrogen-bond donors (Lipinski definition) is 5. The molecule has 0 saturated carbocycles. The molecule has 17 nitrogen and oxygen atoms in total. The molecule has 0 fully saturated rings. The van der Waals surface area contributed by atoms with Gasteiger partial charge in [0.1, 0.15) is 6.04 Å². The molecule has 0 saturated heterocycles. The summed E-state index contributed by atoms with van der Waals surface area (Å²) in [6.07, 6.45) is 2.62. The number of carboxylic acids is 4. The summed E-state index contributed by atoms with van der Waals surface area (Å²) in [5.74, 6) is -6.27. The molecule has 0 aromatic carbocycles. The normalized spacial score (nSPS) is 17.4. The Morgan fingerprint density at radius 2 is 1.31 bits per heavy atom. The largest absolute Gasteiger partial charge is 0.481 e. The Labute approximate surface area is 257 Å². The van der Waals surface area contributed by atoms with Gasteiger partial charge >= 0.3 is 23.9 Å². The van der Waals surface area contributed by atoms with E-state index < -0.39 is 55.3 Å². The number of hydrogen-bond acceptors (Lipinski definition) is 11. The highest BCUT2D eigenvalue weighted by atomic mass is 16.4. The number of carbonyl (C=O) groups excluding carboxylic acids is 3. The molecule has 244 valence electrons. The van der Waals surface area contributed by atoms with E-state index in [9.17, 15) is 54.0 Å². The fourth-order valence-corrected chi connectivity index (χ4v) is 5.06. The number of nitrogens with one attached hydrogen (secondary N) is 1. The topological polar surface area (TPSA) is 238 Å². The zero-order valence-electron chi connectivity index (χ0n) is 24.5. The molecule has 2 aliphatic heterocycles. The lowest BCUT2D eigenvalue weighted by atomic mass is 10.1. The number of amides is 3. The number of carboxylic acid groups (broad SMARTS) is 4. The third kappa shape index (κ3) is 11.0. The van der Waals surface area contributed by atoms with Crippen LogP contribution in [0.1, 0.15) is 41.0 Å². The Morgan fingerprint density at radius 1 is 0.778 bits per heavy atom. The van der Waals surface area contributed by atoms with Crippen molar-refractivity contribution in [2.45, 2.75) is 38.4 Å². The molecule has 3 heterocycles. The van der Waals surface area contributed by atoms with Crippen molar-refractivity contribution >= 4 is 41.6 Å². The summed E-state index contributed by atoms with van der Waals surface area (Å²) in [5, 5.41) is 40.8. The van der Waals surface area contributed by atoms with Crippen molar-refractivity contribution in [1.82, 2.24) is 29.9 Å². The average Bonchev–Trinajstić information content (AvgIpc) is 3.26. The number of aliphatic carboxylic acids is 4. The monoisotopic (exact) mass is 632 g/mol. The van der Waals surface area contributed by atoms with Crippen LogP contribution >= 0.6 is 0 Å². The maximum absolute atomic E-state index is 13.1. The zero-order chi connectivity index (χ0) is 33.1. The second-order valence-electron chi connectivity index (χ2n) is 10.7. The Balaban J connectivity index is 1.80. The van der Waals surface area contributed by atoms with Crippen molar-refractivity contribution in [3.8, 4) is 0 Å². The lowest BCUT2D eigenvalue weighted by molar-refractivity contribution is -0.150. The van der Waals surface area contributed by atoms with E-state index in [1.54, 1.807) is 0 Å². The third-order valence-electron chi connectivity index (χ3n) is 7.18. The van der Waals surface area contributed by atoms with Crippen molar-refractivity contribution in [3.05, 3.63) is 41.2 Å². The summed E-state index contributed by atoms with van der Waals surface area (Å²) < 4.78 is 0. The van der Waals surface area contributed by atoms with Crippen molar-refractivity contribution in [1.29, 1.82) is 0 Å². The predicted molar refractivity (Wildman–Crippen MR) is 153 cm³/mol. The van der Waals surface area contributed by atoms with Gasteiger partial charge in [-0.25, -0.2) is 0 Å². The Morgan fingerprint density at radius 3 is 1.78 bits per heavy atom. The zero-order valence-corrected chi connectivity index (χ0v) is 24.5. The summed E-state index contributed by atoms with van der Waals surface area (Å²) in [6, 6.07) is 1.54. The molecule has 3 amide bonds. The summed E-state index contributed by atoms with van der Waals surface area (Å²) in [4.78, 5) is 93.0. The third-order valence-corrected chi connectivity index (χ3v) is 7.18. The van der Waals surface area contributed by atoms with E-state index in [0.29, 0.717) is 24.2 Å². The van der Waals surface area contributed by atoms with Gasteiger partial charge in [-0.15, -0.1) is 0 Å². The first-order valence-electron chi connectivity index (χ1n) is 14.2. The highest BCUT2D eigenvalue weighted by Gasteiger charge is 2.30. The molecular weight excluding hydrogens is 596 g/mol. The number of nitrogens with zero attached hydrogens (tertiary/aromatic N) is 5. The summed E-state index contributed by atoms with van der Waals surface area (Å²) in [6.45, 7) is -0.565. The molecule has 0 spiro atoms.